The number of hydrogen-bond acceptors (Lipinski definition) is 2. The number of aliphatic hydroxyl groups is 1. The first-order valence-electron chi connectivity index (χ1n) is 6.06. The Morgan fingerprint density at radius 2 is 1.65 bits per heavy atom. The van der Waals surface area contributed by atoms with Crippen molar-refractivity contribution in [1.29, 1.82) is 0 Å². The molecular weight excluding hydrogens is 231 g/mol. The van der Waals surface area contributed by atoms with E-state index in [0.717, 1.165) is 0 Å². The van der Waals surface area contributed by atoms with Crippen molar-refractivity contribution >= 4 is 0 Å². The maximum Gasteiger partial charge on any atom is 0.391 e. The van der Waals surface area contributed by atoms with E-state index >= 15 is 0 Å². The summed E-state index contributed by atoms with van der Waals surface area (Å²) in [5, 5.41) is 13.3. The van der Waals surface area contributed by atoms with Crippen LogP contribution in [0.3, 0.4) is 0 Å². The molecule has 0 aliphatic heterocycles. The number of rotatable bonds is 2. The van der Waals surface area contributed by atoms with Gasteiger partial charge in [0.15, 0.2) is 0 Å². The molecule has 0 amide bonds. The highest BCUT2D eigenvalue weighted by atomic mass is 19.4. The molecule has 1 aliphatic rings. The topological polar surface area (TPSA) is 32.3 Å². The normalized spacial score (nSPS) is 31.6. The molecule has 2 nitrogen and oxygen atoms in total. The lowest BCUT2D eigenvalue weighted by Crippen LogP contribution is -2.50. The zero-order chi connectivity index (χ0) is 13.3. The third kappa shape index (κ3) is 4.84. The van der Waals surface area contributed by atoms with Gasteiger partial charge in [0.05, 0.1) is 11.5 Å². The first kappa shape index (κ1) is 14.8. The van der Waals surface area contributed by atoms with Crippen LogP contribution in [0.1, 0.15) is 46.5 Å². The molecule has 0 aromatic carbocycles. The monoisotopic (exact) mass is 253 g/mol. The lowest BCUT2D eigenvalue weighted by Gasteiger charge is -2.38. The molecule has 0 heterocycles. The van der Waals surface area contributed by atoms with Crippen LogP contribution in [0.15, 0.2) is 0 Å². The standard InChI is InChI=1S/C12H22F3NO/c1-10(2,3)16-8-11(17)6-4-9(5-7-11)12(13,14)15/h9,16-17H,4-8H2,1-3H3. The summed E-state index contributed by atoms with van der Waals surface area (Å²) in [6.07, 6.45) is -3.60. The first-order chi connectivity index (χ1) is 7.52. The summed E-state index contributed by atoms with van der Waals surface area (Å²) < 4.78 is 37.4. The number of β-amino-alcohol motifs (C(OH)–C–C–N with tert-alkyl or cyclic N) is 1. The van der Waals surface area contributed by atoms with Gasteiger partial charge in [-0.2, -0.15) is 13.2 Å². The van der Waals surface area contributed by atoms with E-state index in [0.29, 0.717) is 6.54 Å². The van der Waals surface area contributed by atoms with Gasteiger partial charge in [0.1, 0.15) is 0 Å². The molecule has 17 heavy (non-hydrogen) atoms. The van der Waals surface area contributed by atoms with E-state index in [1.54, 1.807) is 0 Å². The third-order valence-corrected chi connectivity index (χ3v) is 3.33. The van der Waals surface area contributed by atoms with Crippen molar-refractivity contribution in [2.75, 3.05) is 6.54 Å². The lowest BCUT2D eigenvalue weighted by atomic mass is 9.78. The van der Waals surface area contributed by atoms with Crippen LogP contribution < -0.4 is 5.32 Å². The Balaban J connectivity index is 2.44. The summed E-state index contributed by atoms with van der Waals surface area (Å²) >= 11 is 0. The van der Waals surface area contributed by atoms with Crippen molar-refractivity contribution in [3.63, 3.8) is 0 Å². The molecule has 5 heteroatoms. The van der Waals surface area contributed by atoms with Gasteiger partial charge in [0.25, 0.3) is 0 Å². The SMILES string of the molecule is CC(C)(C)NCC1(O)CCC(C(F)(F)F)CC1. The molecule has 0 atom stereocenters. The van der Waals surface area contributed by atoms with E-state index in [1.807, 2.05) is 20.8 Å². The quantitative estimate of drug-likeness (QED) is 0.793. The summed E-state index contributed by atoms with van der Waals surface area (Å²) in [6, 6.07) is 0. The second kappa shape index (κ2) is 4.76. The van der Waals surface area contributed by atoms with E-state index in [9.17, 15) is 18.3 Å². The van der Waals surface area contributed by atoms with Gasteiger partial charge in [0, 0.05) is 12.1 Å². The maximum atomic E-state index is 12.5. The molecule has 0 aromatic heterocycles. The van der Waals surface area contributed by atoms with Crippen LogP contribution in [0.4, 0.5) is 13.2 Å². The molecule has 0 bridgehead atoms. The van der Waals surface area contributed by atoms with Crippen LogP contribution in [-0.2, 0) is 0 Å². The van der Waals surface area contributed by atoms with Gasteiger partial charge in [-0.3, -0.25) is 0 Å². The predicted octanol–water partition coefficient (Wildman–Crippen LogP) is 2.86. The molecule has 0 saturated heterocycles. The predicted molar refractivity (Wildman–Crippen MR) is 60.7 cm³/mol. The highest BCUT2D eigenvalue weighted by molar-refractivity contribution is 4.90. The van der Waals surface area contributed by atoms with E-state index in [-0.39, 0.29) is 31.2 Å². The third-order valence-electron chi connectivity index (χ3n) is 3.33. The van der Waals surface area contributed by atoms with Crippen molar-refractivity contribution in [3.05, 3.63) is 0 Å². The number of halogens is 3. The van der Waals surface area contributed by atoms with Crippen molar-refractivity contribution in [3.8, 4) is 0 Å². The smallest absolute Gasteiger partial charge is 0.389 e. The van der Waals surface area contributed by atoms with E-state index in [1.165, 1.54) is 0 Å². The van der Waals surface area contributed by atoms with Crippen LogP contribution in [-0.4, -0.2) is 29.0 Å². The van der Waals surface area contributed by atoms with Crippen molar-refractivity contribution in [2.45, 2.75) is 63.8 Å². The minimum atomic E-state index is -4.11. The number of alkyl halides is 3. The molecule has 0 aromatic rings. The molecule has 0 spiro atoms. The average molecular weight is 253 g/mol. The van der Waals surface area contributed by atoms with Crippen molar-refractivity contribution in [2.24, 2.45) is 5.92 Å². The summed E-state index contributed by atoms with van der Waals surface area (Å²) in [7, 11) is 0. The molecule has 1 saturated carbocycles. The van der Waals surface area contributed by atoms with Gasteiger partial charge in [-0.05, 0) is 46.5 Å². The second-order valence-electron chi connectivity index (χ2n) is 6.14. The second-order valence-corrected chi connectivity index (χ2v) is 6.14. The molecule has 0 radical (unpaired) electrons. The minimum Gasteiger partial charge on any atom is -0.389 e. The van der Waals surface area contributed by atoms with Gasteiger partial charge in [-0.25, -0.2) is 0 Å². The lowest BCUT2D eigenvalue weighted by molar-refractivity contribution is -0.192. The average Bonchev–Trinajstić information content (AvgIpc) is 2.13. The van der Waals surface area contributed by atoms with Crippen LogP contribution in [0.2, 0.25) is 0 Å². The molecule has 1 fully saturated rings. The Morgan fingerprint density at radius 3 is 2.00 bits per heavy atom. The molecule has 1 rings (SSSR count). The van der Waals surface area contributed by atoms with Crippen molar-refractivity contribution in [1.82, 2.24) is 5.32 Å². The Morgan fingerprint density at radius 1 is 1.18 bits per heavy atom. The van der Waals surface area contributed by atoms with E-state index in [2.05, 4.69) is 5.32 Å². The Hall–Kier alpha value is -0.290. The zero-order valence-corrected chi connectivity index (χ0v) is 10.7. The Kier molecular flexibility index (Phi) is 4.14. The van der Waals surface area contributed by atoms with Gasteiger partial charge < -0.3 is 10.4 Å². The fourth-order valence-corrected chi connectivity index (χ4v) is 2.09. The fraction of sp³-hybridized carbons (Fsp3) is 1.00. The van der Waals surface area contributed by atoms with Crippen molar-refractivity contribution < 1.29 is 18.3 Å². The first-order valence-corrected chi connectivity index (χ1v) is 6.06. The largest absolute Gasteiger partial charge is 0.391 e. The van der Waals surface area contributed by atoms with E-state index in [4.69, 9.17) is 0 Å². The van der Waals surface area contributed by atoms with E-state index < -0.39 is 17.7 Å². The summed E-state index contributed by atoms with van der Waals surface area (Å²) in [4.78, 5) is 0. The molecule has 0 unspecified atom stereocenters. The van der Waals surface area contributed by atoms with Gasteiger partial charge in [-0.1, -0.05) is 0 Å². The fourth-order valence-electron chi connectivity index (χ4n) is 2.09. The maximum absolute atomic E-state index is 12.5. The molecule has 1 aliphatic carbocycles. The Labute approximate surface area is 101 Å². The molecular formula is C12H22F3NO. The Bertz CT molecular complexity index is 249. The number of hydrogen-bond donors (Lipinski definition) is 2. The summed E-state index contributed by atoms with van der Waals surface area (Å²) in [5.41, 5.74) is -1.11. The van der Waals surface area contributed by atoms with Crippen LogP contribution in [0.5, 0.6) is 0 Å². The van der Waals surface area contributed by atoms with Crippen LogP contribution >= 0.6 is 0 Å². The van der Waals surface area contributed by atoms with Gasteiger partial charge in [-0.15, -0.1) is 0 Å². The van der Waals surface area contributed by atoms with Gasteiger partial charge in [0.2, 0.25) is 0 Å². The highest BCUT2D eigenvalue weighted by Gasteiger charge is 2.45. The van der Waals surface area contributed by atoms with Crippen LogP contribution in [0.25, 0.3) is 0 Å². The van der Waals surface area contributed by atoms with Crippen LogP contribution in [0, 0.1) is 5.92 Å². The number of nitrogens with one attached hydrogen (secondary N) is 1. The molecule has 102 valence electrons. The van der Waals surface area contributed by atoms with Gasteiger partial charge >= 0.3 is 6.18 Å². The summed E-state index contributed by atoms with van der Waals surface area (Å²) in [5.74, 6) is -1.24. The minimum absolute atomic E-state index is 0.0336. The highest BCUT2D eigenvalue weighted by Crippen LogP contribution is 2.40. The zero-order valence-electron chi connectivity index (χ0n) is 10.7. The summed E-state index contributed by atoms with van der Waals surface area (Å²) in [6.45, 7) is 6.27. The molecule has 2 N–H and O–H groups in total.